The van der Waals surface area contributed by atoms with E-state index in [0.29, 0.717) is 11.1 Å². The number of rotatable bonds is 6. The highest BCUT2D eigenvalue weighted by Gasteiger charge is 2.14. The van der Waals surface area contributed by atoms with Gasteiger partial charge < -0.3 is 5.32 Å². The number of thioether (sulfide) groups is 1. The minimum atomic E-state index is -0.0805. The lowest BCUT2D eigenvalue weighted by molar-refractivity contribution is -0.113. The molecule has 27 heavy (non-hydrogen) atoms. The third kappa shape index (κ3) is 4.74. The Kier molecular flexibility index (Phi) is 5.91. The number of aryl methyl sites for hydroxylation is 2. The standard InChI is InChI=1S/C20H23N5OS/c1-13(2)17-7-5-6-8-18(17)21-19(26)12-27-20-22-23-24-25(20)16-10-14(3)9-15(4)11-16/h5-11,13H,12H2,1-4H3,(H,21,26). The summed E-state index contributed by atoms with van der Waals surface area (Å²) in [6, 6.07) is 14.0. The summed E-state index contributed by atoms with van der Waals surface area (Å²) in [4.78, 5) is 12.4. The van der Waals surface area contributed by atoms with Crippen LogP contribution >= 0.6 is 11.8 Å². The summed E-state index contributed by atoms with van der Waals surface area (Å²) in [6.45, 7) is 8.29. The minimum absolute atomic E-state index is 0.0805. The summed E-state index contributed by atoms with van der Waals surface area (Å²) in [6.07, 6.45) is 0. The van der Waals surface area contributed by atoms with Crippen molar-refractivity contribution in [3.05, 3.63) is 59.2 Å². The molecule has 2 aromatic carbocycles. The molecule has 1 amide bonds. The Bertz CT molecular complexity index is 931. The zero-order chi connectivity index (χ0) is 19.4. The molecule has 1 heterocycles. The molecule has 0 saturated carbocycles. The van der Waals surface area contributed by atoms with Crippen molar-refractivity contribution in [3.63, 3.8) is 0 Å². The second kappa shape index (κ2) is 8.35. The molecular formula is C20H23N5OS. The van der Waals surface area contributed by atoms with Gasteiger partial charge in [0.1, 0.15) is 0 Å². The van der Waals surface area contributed by atoms with E-state index in [4.69, 9.17) is 0 Å². The number of para-hydroxylation sites is 1. The quantitative estimate of drug-likeness (QED) is 0.650. The number of hydrogen-bond acceptors (Lipinski definition) is 5. The molecule has 0 atom stereocenters. The lowest BCUT2D eigenvalue weighted by atomic mass is 10.0. The zero-order valence-electron chi connectivity index (χ0n) is 15.9. The second-order valence-electron chi connectivity index (χ2n) is 6.80. The molecule has 3 aromatic rings. The van der Waals surface area contributed by atoms with E-state index < -0.39 is 0 Å². The van der Waals surface area contributed by atoms with Crippen molar-refractivity contribution in [2.75, 3.05) is 11.1 Å². The largest absolute Gasteiger partial charge is 0.325 e. The van der Waals surface area contributed by atoms with Crippen molar-refractivity contribution in [1.29, 1.82) is 0 Å². The van der Waals surface area contributed by atoms with Crippen molar-refractivity contribution >= 4 is 23.4 Å². The van der Waals surface area contributed by atoms with Gasteiger partial charge in [-0.3, -0.25) is 4.79 Å². The number of tetrazole rings is 1. The monoisotopic (exact) mass is 381 g/mol. The molecule has 7 heteroatoms. The van der Waals surface area contributed by atoms with Crippen molar-refractivity contribution in [2.24, 2.45) is 0 Å². The molecule has 0 aliphatic rings. The first kappa shape index (κ1) is 19.1. The number of anilines is 1. The highest BCUT2D eigenvalue weighted by molar-refractivity contribution is 7.99. The molecular weight excluding hydrogens is 358 g/mol. The Balaban J connectivity index is 1.70. The Morgan fingerprint density at radius 1 is 1.15 bits per heavy atom. The number of carbonyl (C=O) groups is 1. The molecule has 3 rings (SSSR count). The number of aromatic nitrogens is 4. The van der Waals surface area contributed by atoms with Crippen LogP contribution in [0.1, 0.15) is 36.5 Å². The summed E-state index contributed by atoms with van der Waals surface area (Å²) in [7, 11) is 0. The van der Waals surface area contributed by atoms with Crippen LogP contribution in [0.25, 0.3) is 5.69 Å². The van der Waals surface area contributed by atoms with Gasteiger partial charge in [-0.2, -0.15) is 4.68 Å². The summed E-state index contributed by atoms with van der Waals surface area (Å²) in [5.41, 5.74) is 5.15. The van der Waals surface area contributed by atoms with E-state index in [1.54, 1.807) is 4.68 Å². The first-order chi connectivity index (χ1) is 12.9. The van der Waals surface area contributed by atoms with E-state index in [0.717, 1.165) is 28.1 Å². The fraction of sp³-hybridized carbons (Fsp3) is 0.300. The molecule has 6 nitrogen and oxygen atoms in total. The van der Waals surface area contributed by atoms with E-state index in [2.05, 4.69) is 40.8 Å². The van der Waals surface area contributed by atoms with Gasteiger partial charge in [0.15, 0.2) is 0 Å². The average Bonchev–Trinajstić information content (AvgIpc) is 3.08. The van der Waals surface area contributed by atoms with Crippen LogP contribution in [0.3, 0.4) is 0 Å². The maximum atomic E-state index is 12.4. The highest BCUT2D eigenvalue weighted by Crippen LogP contribution is 2.25. The number of benzene rings is 2. The molecule has 0 fully saturated rings. The van der Waals surface area contributed by atoms with Gasteiger partial charge in [-0.05, 0) is 65.1 Å². The van der Waals surface area contributed by atoms with Crippen molar-refractivity contribution in [2.45, 2.75) is 38.8 Å². The average molecular weight is 382 g/mol. The summed E-state index contributed by atoms with van der Waals surface area (Å²) >= 11 is 1.32. The molecule has 0 bridgehead atoms. The van der Waals surface area contributed by atoms with Crippen LogP contribution in [0.4, 0.5) is 5.69 Å². The summed E-state index contributed by atoms with van der Waals surface area (Å²) < 4.78 is 1.67. The maximum absolute atomic E-state index is 12.4. The fourth-order valence-electron chi connectivity index (χ4n) is 2.93. The van der Waals surface area contributed by atoms with Crippen LogP contribution in [0.15, 0.2) is 47.6 Å². The van der Waals surface area contributed by atoms with E-state index in [9.17, 15) is 4.79 Å². The molecule has 0 aliphatic heterocycles. The third-order valence-electron chi connectivity index (χ3n) is 4.08. The Hall–Kier alpha value is -2.67. The molecule has 1 aromatic heterocycles. The van der Waals surface area contributed by atoms with Crippen LogP contribution < -0.4 is 5.32 Å². The highest BCUT2D eigenvalue weighted by atomic mass is 32.2. The fourth-order valence-corrected chi connectivity index (χ4v) is 3.63. The van der Waals surface area contributed by atoms with Gasteiger partial charge in [0.2, 0.25) is 11.1 Å². The molecule has 0 spiro atoms. The van der Waals surface area contributed by atoms with Crippen molar-refractivity contribution in [3.8, 4) is 5.69 Å². The topological polar surface area (TPSA) is 72.7 Å². The molecule has 0 saturated heterocycles. The molecule has 0 unspecified atom stereocenters. The van der Waals surface area contributed by atoms with Gasteiger partial charge in [0, 0.05) is 5.69 Å². The number of hydrogen-bond donors (Lipinski definition) is 1. The lowest BCUT2D eigenvalue weighted by Crippen LogP contribution is -2.16. The number of amides is 1. The second-order valence-corrected chi connectivity index (χ2v) is 7.74. The van der Waals surface area contributed by atoms with Gasteiger partial charge in [-0.15, -0.1) is 5.10 Å². The van der Waals surface area contributed by atoms with E-state index in [1.165, 1.54) is 11.8 Å². The smallest absolute Gasteiger partial charge is 0.234 e. The van der Waals surface area contributed by atoms with E-state index in [-0.39, 0.29) is 11.7 Å². The van der Waals surface area contributed by atoms with E-state index in [1.807, 2.05) is 50.2 Å². The van der Waals surface area contributed by atoms with Gasteiger partial charge in [0.05, 0.1) is 11.4 Å². The SMILES string of the molecule is Cc1cc(C)cc(-n2nnnc2SCC(=O)Nc2ccccc2C(C)C)c1. The molecule has 1 N–H and O–H groups in total. The predicted octanol–water partition coefficient (Wildman–Crippen LogP) is 4.13. The van der Waals surface area contributed by atoms with Gasteiger partial charge in [-0.1, -0.05) is 49.9 Å². The Labute approximate surface area is 163 Å². The maximum Gasteiger partial charge on any atom is 0.234 e. The van der Waals surface area contributed by atoms with Crippen LogP contribution in [0.5, 0.6) is 0 Å². The normalized spacial score (nSPS) is 11.0. The van der Waals surface area contributed by atoms with Gasteiger partial charge in [0.25, 0.3) is 0 Å². The molecule has 0 aliphatic carbocycles. The lowest BCUT2D eigenvalue weighted by Gasteiger charge is -2.13. The minimum Gasteiger partial charge on any atom is -0.325 e. The zero-order valence-corrected chi connectivity index (χ0v) is 16.7. The van der Waals surface area contributed by atoms with Crippen molar-refractivity contribution in [1.82, 2.24) is 20.2 Å². The third-order valence-corrected chi connectivity index (χ3v) is 5.00. The molecule has 0 radical (unpaired) electrons. The van der Waals surface area contributed by atoms with Gasteiger partial charge >= 0.3 is 0 Å². The Morgan fingerprint density at radius 2 is 1.85 bits per heavy atom. The van der Waals surface area contributed by atoms with Crippen LogP contribution in [-0.4, -0.2) is 31.9 Å². The van der Waals surface area contributed by atoms with Crippen molar-refractivity contribution < 1.29 is 4.79 Å². The summed E-state index contributed by atoms with van der Waals surface area (Å²) in [5, 5.41) is 15.5. The number of nitrogens with zero attached hydrogens (tertiary/aromatic N) is 4. The predicted molar refractivity (Wildman–Crippen MR) is 109 cm³/mol. The number of carbonyl (C=O) groups excluding carboxylic acids is 1. The van der Waals surface area contributed by atoms with Gasteiger partial charge in [-0.25, -0.2) is 0 Å². The van der Waals surface area contributed by atoms with Crippen LogP contribution in [0.2, 0.25) is 0 Å². The molecule has 140 valence electrons. The first-order valence-corrected chi connectivity index (χ1v) is 9.81. The summed E-state index contributed by atoms with van der Waals surface area (Å²) in [5.74, 6) is 0.492. The number of nitrogens with one attached hydrogen (secondary N) is 1. The Morgan fingerprint density at radius 3 is 2.56 bits per heavy atom. The van der Waals surface area contributed by atoms with E-state index >= 15 is 0 Å². The van der Waals surface area contributed by atoms with Crippen LogP contribution in [0, 0.1) is 13.8 Å². The van der Waals surface area contributed by atoms with Crippen LogP contribution in [-0.2, 0) is 4.79 Å². The first-order valence-electron chi connectivity index (χ1n) is 8.82.